The highest BCUT2D eigenvalue weighted by molar-refractivity contribution is 7.22. The number of thiazole rings is 1. The van der Waals surface area contributed by atoms with Crippen LogP contribution in [0.5, 0.6) is 0 Å². The highest BCUT2D eigenvalue weighted by Gasteiger charge is 2.04. The number of rotatable bonds is 2. The molecule has 14 heavy (non-hydrogen) atoms. The Morgan fingerprint density at radius 1 is 1.43 bits per heavy atom. The third kappa shape index (κ3) is 1.85. The van der Waals surface area contributed by atoms with E-state index in [1.165, 1.54) is 23.5 Å². The van der Waals surface area contributed by atoms with Gasteiger partial charge in [0.25, 0.3) is 0 Å². The Labute approximate surface area is 85.8 Å². The summed E-state index contributed by atoms with van der Waals surface area (Å²) in [5, 5.41) is 4.05. The number of aromatic nitrogens is 1. The van der Waals surface area contributed by atoms with Crippen LogP contribution >= 0.6 is 11.3 Å². The fourth-order valence-electron chi connectivity index (χ4n) is 1.21. The van der Waals surface area contributed by atoms with Gasteiger partial charge < -0.3 is 5.32 Å². The van der Waals surface area contributed by atoms with E-state index < -0.39 is 0 Å². The number of anilines is 1. The smallest absolute Gasteiger partial charge is 0.183 e. The molecule has 0 radical (unpaired) electrons. The van der Waals surface area contributed by atoms with Crippen molar-refractivity contribution in [1.82, 2.24) is 4.98 Å². The van der Waals surface area contributed by atoms with Gasteiger partial charge in [0.05, 0.1) is 10.2 Å². The SMILES string of the molecule is CC(C)Nc1nc2ccc(F)cc2s1. The van der Waals surface area contributed by atoms with Crippen LogP contribution in [0, 0.1) is 5.82 Å². The van der Waals surface area contributed by atoms with E-state index in [2.05, 4.69) is 10.3 Å². The van der Waals surface area contributed by atoms with Crippen molar-refractivity contribution in [3.8, 4) is 0 Å². The number of fused-ring (bicyclic) bond motifs is 1. The molecular weight excluding hydrogens is 199 g/mol. The third-order valence-electron chi connectivity index (χ3n) is 1.76. The monoisotopic (exact) mass is 210 g/mol. The molecule has 0 spiro atoms. The largest absolute Gasteiger partial charge is 0.359 e. The van der Waals surface area contributed by atoms with Gasteiger partial charge in [-0.05, 0) is 32.0 Å². The molecule has 0 aliphatic rings. The Balaban J connectivity index is 2.41. The van der Waals surface area contributed by atoms with E-state index in [1.807, 2.05) is 13.8 Å². The predicted molar refractivity (Wildman–Crippen MR) is 58.3 cm³/mol. The summed E-state index contributed by atoms with van der Waals surface area (Å²) in [6.07, 6.45) is 0. The molecule has 74 valence electrons. The van der Waals surface area contributed by atoms with Crippen molar-refractivity contribution in [3.63, 3.8) is 0 Å². The summed E-state index contributed by atoms with van der Waals surface area (Å²) in [5.74, 6) is -0.211. The lowest BCUT2D eigenvalue weighted by molar-refractivity contribution is 0.630. The minimum absolute atomic E-state index is 0.211. The summed E-state index contributed by atoms with van der Waals surface area (Å²) in [7, 11) is 0. The average Bonchev–Trinajstić information content (AvgIpc) is 2.44. The van der Waals surface area contributed by atoms with Gasteiger partial charge in [-0.3, -0.25) is 0 Å². The molecular formula is C10H11FN2S. The van der Waals surface area contributed by atoms with Crippen molar-refractivity contribution in [2.45, 2.75) is 19.9 Å². The van der Waals surface area contributed by atoms with Gasteiger partial charge in [0, 0.05) is 6.04 Å². The van der Waals surface area contributed by atoms with Crippen molar-refractivity contribution in [1.29, 1.82) is 0 Å². The van der Waals surface area contributed by atoms with Crippen LogP contribution in [-0.4, -0.2) is 11.0 Å². The molecule has 2 aromatic rings. The van der Waals surface area contributed by atoms with Gasteiger partial charge in [-0.15, -0.1) is 0 Å². The van der Waals surface area contributed by atoms with Gasteiger partial charge in [0.2, 0.25) is 0 Å². The summed E-state index contributed by atoms with van der Waals surface area (Å²) in [6, 6.07) is 4.99. The van der Waals surface area contributed by atoms with Gasteiger partial charge in [-0.1, -0.05) is 11.3 Å². The molecule has 0 bridgehead atoms. The molecule has 1 N–H and O–H groups in total. The first-order valence-electron chi connectivity index (χ1n) is 4.48. The Bertz CT molecular complexity index is 450. The molecule has 0 atom stereocenters. The molecule has 0 saturated carbocycles. The van der Waals surface area contributed by atoms with Gasteiger partial charge >= 0.3 is 0 Å². The van der Waals surface area contributed by atoms with Crippen molar-refractivity contribution in [2.24, 2.45) is 0 Å². The first-order valence-corrected chi connectivity index (χ1v) is 5.29. The van der Waals surface area contributed by atoms with Crippen molar-refractivity contribution in [3.05, 3.63) is 24.0 Å². The zero-order valence-electron chi connectivity index (χ0n) is 8.04. The molecule has 1 aromatic carbocycles. The number of hydrogen-bond acceptors (Lipinski definition) is 3. The molecule has 0 aliphatic heterocycles. The minimum atomic E-state index is -0.211. The summed E-state index contributed by atoms with van der Waals surface area (Å²) in [6.45, 7) is 4.10. The maximum absolute atomic E-state index is 12.9. The Morgan fingerprint density at radius 3 is 2.93 bits per heavy atom. The fraction of sp³-hybridized carbons (Fsp3) is 0.300. The Hall–Kier alpha value is -1.16. The molecule has 0 aliphatic carbocycles. The predicted octanol–water partition coefficient (Wildman–Crippen LogP) is 3.26. The lowest BCUT2D eigenvalue weighted by Crippen LogP contribution is -2.08. The Kier molecular flexibility index (Phi) is 2.37. The molecule has 0 saturated heterocycles. The number of hydrogen-bond donors (Lipinski definition) is 1. The summed E-state index contributed by atoms with van der Waals surface area (Å²) >= 11 is 1.48. The number of nitrogens with zero attached hydrogens (tertiary/aromatic N) is 1. The Morgan fingerprint density at radius 2 is 2.21 bits per heavy atom. The molecule has 4 heteroatoms. The van der Waals surface area contributed by atoms with Crippen LogP contribution < -0.4 is 5.32 Å². The van der Waals surface area contributed by atoms with E-state index in [4.69, 9.17) is 0 Å². The molecule has 2 rings (SSSR count). The average molecular weight is 210 g/mol. The van der Waals surface area contributed by atoms with Crippen LogP contribution in [-0.2, 0) is 0 Å². The standard InChI is InChI=1S/C10H11FN2S/c1-6(2)12-10-13-8-4-3-7(11)5-9(8)14-10/h3-6H,1-2H3,(H,12,13). The highest BCUT2D eigenvalue weighted by Crippen LogP contribution is 2.26. The van der Waals surface area contributed by atoms with Crippen LogP contribution in [0.15, 0.2) is 18.2 Å². The zero-order valence-corrected chi connectivity index (χ0v) is 8.86. The molecule has 2 nitrogen and oxygen atoms in total. The summed E-state index contributed by atoms with van der Waals surface area (Å²) < 4.78 is 13.7. The second-order valence-electron chi connectivity index (χ2n) is 3.43. The fourth-order valence-corrected chi connectivity index (χ4v) is 2.24. The van der Waals surface area contributed by atoms with E-state index in [1.54, 1.807) is 6.07 Å². The van der Waals surface area contributed by atoms with E-state index in [0.717, 1.165) is 15.3 Å². The van der Waals surface area contributed by atoms with Crippen molar-refractivity contribution < 1.29 is 4.39 Å². The molecule has 0 fully saturated rings. The van der Waals surface area contributed by atoms with E-state index in [0.29, 0.717) is 6.04 Å². The lowest BCUT2D eigenvalue weighted by Gasteiger charge is -2.03. The van der Waals surface area contributed by atoms with Gasteiger partial charge in [-0.2, -0.15) is 0 Å². The van der Waals surface area contributed by atoms with Crippen molar-refractivity contribution in [2.75, 3.05) is 5.32 Å². The summed E-state index contributed by atoms with van der Waals surface area (Å²) in [4.78, 5) is 4.33. The van der Waals surface area contributed by atoms with E-state index in [9.17, 15) is 4.39 Å². The van der Waals surface area contributed by atoms with E-state index >= 15 is 0 Å². The second-order valence-corrected chi connectivity index (χ2v) is 4.46. The van der Waals surface area contributed by atoms with Crippen LogP contribution in [0.1, 0.15) is 13.8 Å². The maximum Gasteiger partial charge on any atom is 0.183 e. The minimum Gasteiger partial charge on any atom is -0.359 e. The lowest BCUT2D eigenvalue weighted by atomic mass is 10.3. The van der Waals surface area contributed by atoms with Gasteiger partial charge in [-0.25, -0.2) is 9.37 Å². The van der Waals surface area contributed by atoms with Crippen LogP contribution in [0.4, 0.5) is 9.52 Å². The second kappa shape index (κ2) is 3.53. The molecule has 0 unspecified atom stereocenters. The normalized spacial score (nSPS) is 11.1. The summed E-state index contributed by atoms with van der Waals surface area (Å²) in [5.41, 5.74) is 0.847. The maximum atomic E-state index is 12.9. The van der Waals surface area contributed by atoms with Crippen molar-refractivity contribution >= 4 is 26.7 Å². The number of halogens is 1. The topological polar surface area (TPSA) is 24.9 Å². The molecule has 1 aromatic heterocycles. The van der Waals surface area contributed by atoms with Crippen LogP contribution in [0.2, 0.25) is 0 Å². The van der Waals surface area contributed by atoms with Crippen LogP contribution in [0.25, 0.3) is 10.2 Å². The van der Waals surface area contributed by atoms with Gasteiger partial charge in [0.15, 0.2) is 5.13 Å². The third-order valence-corrected chi connectivity index (χ3v) is 2.71. The molecule has 0 amide bonds. The quantitative estimate of drug-likeness (QED) is 0.823. The van der Waals surface area contributed by atoms with E-state index in [-0.39, 0.29) is 5.82 Å². The van der Waals surface area contributed by atoms with Gasteiger partial charge in [0.1, 0.15) is 5.82 Å². The highest BCUT2D eigenvalue weighted by atomic mass is 32.1. The first kappa shape index (κ1) is 9.40. The number of nitrogens with one attached hydrogen (secondary N) is 1. The van der Waals surface area contributed by atoms with Crippen LogP contribution in [0.3, 0.4) is 0 Å². The number of benzene rings is 1. The molecule has 1 heterocycles. The first-order chi connectivity index (χ1) is 6.65. The zero-order chi connectivity index (χ0) is 10.1.